The molecule has 1 saturated heterocycles. The van der Waals surface area contributed by atoms with Gasteiger partial charge in [-0.15, -0.1) is 0 Å². The summed E-state index contributed by atoms with van der Waals surface area (Å²) in [5.41, 5.74) is 3.54. The number of hydrogen-bond acceptors (Lipinski definition) is 2. The van der Waals surface area contributed by atoms with E-state index in [1.807, 2.05) is 6.07 Å². The van der Waals surface area contributed by atoms with E-state index in [0.717, 1.165) is 25.0 Å². The van der Waals surface area contributed by atoms with Gasteiger partial charge in [-0.3, -0.25) is 0 Å². The fourth-order valence-electron chi connectivity index (χ4n) is 2.24. The molecule has 1 fully saturated rings. The summed E-state index contributed by atoms with van der Waals surface area (Å²) in [4.78, 5) is 0. The van der Waals surface area contributed by atoms with Crippen LogP contribution >= 0.6 is 0 Å². The summed E-state index contributed by atoms with van der Waals surface area (Å²) in [5, 5.41) is 10.3. The first kappa shape index (κ1) is 11.6. The van der Waals surface area contributed by atoms with E-state index in [-0.39, 0.29) is 12.0 Å². The van der Waals surface area contributed by atoms with E-state index < -0.39 is 0 Å². The highest BCUT2D eigenvalue weighted by atomic mass is 16.5. The molecular weight excluding hydrogens is 200 g/mol. The molecule has 88 valence electrons. The van der Waals surface area contributed by atoms with Gasteiger partial charge in [0.2, 0.25) is 0 Å². The lowest BCUT2D eigenvalue weighted by Crippen LogP contribution is -2.23. The van der Waals surface area contributed by atoms with Crippen molar-refractivity contribution in [1.29, 1.82) is 0 Å². The lowest BCUT2D eigenvalue weighted by molar-refractivity contribution is -0.00998. The standard InChI is InChI=1S/C14H20O2/c1-10-5-6-12(8-11(10)2)14(15)13-4-3-7-16-9-13/h5-6,8,13-15H,3-4,7,9H2,1-2H3. The van der Waals surface area contributed by atoms with Crippen LogP contribution in [-0.2, 0) is 4.74 Å². The first-order valence-corrected chi connectivity index (χ1v) is 6.01. The zero-order valence-electron chi connectivity index (χ0n) is 10.1. The van der Waals surface area contributed by atoms with Crippen molar-refractivity contribution in [3.05, 3.63) is 34.9 Å². The minimum atomic E-state index is -0.375. The number of aliphatic hydroxyl groups excluding tert-OH is 1. The van der Waals surface area contributed by atoms with Gasteiger partial charge in [0.15, 0.2) is 0 Å². The van der Waals surface area contributed by atoms with Crippen LogP contribution < -0.4 is 0 Å². The third-order valence-corrected chi connectivity index (χ3v) is 3.51. The fourth-order valence-corrected chi connectivity index (χ4v) is 2.24. The van der Waals surface area contributed by atoms with Crippen molar-refractivity contribution < 1.29 is 9.84 Å². The van der Waals surface area contributed by atoms with Gasteiger partial charge in [0.25, 0.3) is 0 Å². The van der Waals surface area contributed by atoms with Crippen molar-refractivity contribution >= 4 is 0 Å². The molecule has 1 aliphatic heterocycles. The zero-order chi connectivity index (χ0) is 11.5. The number of aliphatic hydroxyl groups is 1. The molecule has 1 aromatic rings. The predicted octanol–water partition coefficient (Wildman–Crippen LogP) is 2.76. The van der Waals surface area contributed by atoms with Gasteiger partial charge < -0.3 is 9.84 Å². The van der Waals surface area contributed by atoms with E-state index in [9.17, 15) is 5.11 Å². The highest BCUT2D eigenvalue weighted by Gasteiger charge is 2.23. The molecule has 1 N–H and O–H groups in total. The van der Waals surface area contributed by atoms with Crippen molar-refractivity contribution in [2.24, 2.45) is 5.92 Å². The van der Waals surface area contributed by atoms with E-state index >= 15 is 0 Å². The van der Waals surface area contributed by atoms with E-state index in [4.69, 9.17) is 4.74 Å². The molecule has 0 radical (unpaired) electrons. The maximum Gasteiger partial charge on any atom is 0.0840 e. The predicted molar refractivity (Wildman–Crippen MR) is 64.4 cm³/mol. The van der Waals surface area contributed by atoms with Crippen molar-refractivity contribution in [2.45, 2.75) is 32.8 Å². The second-order valence-corrected chi connectivity index (χ2v) is 4.77. The quantitative estimate of drug-likeness (QED) is 0.830. The maximum atomic E-state index is 10.3. The Morgan fingerprint density at radius 2 is 2.12 bits per heavy atom. The van der Waals surface area contributed by atoms with E-state index in [1.54, 1.807) is 0 Å². The number of hydrogen-bond donors (Lipinski definition) is 1. The largest absolute Gasteiger partial charge is 0.388 e. The van der Waals surface area contributed by atoms with Gasteiger partial charge in [-0.05, 0) is 43.4 Å². The summed E-state index contributed by atoms with van der Waals surface area (Å²) in [7, 11) is 0. The summed E-state index contributed by atoms with van der Waals surface area (Å²) in [5.74, 6) is 0.260. The molecule has 2 rings (SSSR count). The van der Waals surface area contributed by atoms with Crippen LogP contribution in [0, 0.1) is 19.8 Å². The van der Waals surface area contributed by atoms with E-state index in [1.165, 1.54) is 11.1 Å². The van der Waals surface area contributed by atoms with Crippen LogP contribution in [0.1, 0.15) is 35.6 Å². The Labute approximate surface area is 97.3 Å². The molecule has 0 aromatic heterocycles. The molecule has 2 heteroatoms. The van der Waals surface area contributed by atoms with Crippen molar-refractivity contribution in [3.63, 3.8) is 0 Å². The third kappa shape index (κ3) is 2.45. The molecule has 0 bridgehead atoms. The molecular formula is C14H20O2. The summed E-state index contributed by atoms with van der Waals surface area (Å²) in [6, 6.07) is 6.20. The van der Waals surface area contributed by atoms with Crippen LogP contribution in [0.25, 0.3) is 0 Å². The number of rotatable bonds is 2. The zero-order valence-corrected chi connectivity index (χ0v) is 10.1. The maximum absolute atomic E-state index is 10.3. The smallest absolute Gasteiger partial charge is 0.0840 e. The summed E-state index contributed by atoms with van der Waals surface area (Å²) >= 11 is 0. The van der Waals surface area contributed by atoms with Crippen LogP contribution in [0.2, 0.25) is 0 Å². The Morgan fingerprint density at radius 3 is 2.75 bits per heavy atom. The Morgan fingerprint density at radius 1 is 1.31 bits per heavy atom. The number of benzene rings is 1. The summed E-state index contributed by atoms with van der Waals surface area (Å²) in [6.45, 7) is 5.71. The van der Waals surface area contributed by atoms with Gasteiger partial charge in [0.05, 0.1) is 12.7 Å². The number of aryl methyl sites for hydroxylation is 2. The fraction of sp³-hybridized carbons (Fsp3) is 0.571. The van der Waals surface area contributed by atoms with Gasteiger partial charge in [-0.25, -0.2) is 0 Å². The summed E-state index contributed by atoms with van der Waals surface area (Å²) < 4.78 is 5.42. The molecule has 2 nitrogen and oxygen atoms in total. The number of ether oxygens (including phenoxy) is 1. The van der Waals surface area contributed by atoms with Crippen LogP contribution in [0.5, 0.6) is 0 Å². The second-order valence-electron chi connectivity index (χ2n) is 4.77. The van der Waals surface area contributed by atoms with Crippen molar-refractivity contribution in [2.75, 3.05) is 13.2 Å². The Hall–Kier alpha value is -0.860. The lowest BCUT2D eigenvalue weighted by atomic mass is 9.90. The average molecular weight is 220 g/mol. The molecule has 0 spiro atoms. The van der Waals surface area contributed by atoms with Crippen molar-refractivity contribution in [3.8, 4) is 0 Å². The van der Waals surface area contributed by atoms with Crippen LogP contribution in [0.3, 0.4) is 0 Å². The minimum absolute atomic E-state index is 0.260. The Kier molecular flexibility index (Phi) is 3.62. The van der Waals surface area contributed by atoms with Crippen molar-refractivity contribution in [1.82, 2.24) is 0 Å². The van der Waals surface area contributed by atoms with Gasteiger partial charge in [-0.1, -0.05) is 18.2 Å². The molecule has 2 unspecified atom stereocenters. The van der Waals surface area contributed by atoms with Gasteiger partial charge in [0.1, 0.15) is 0 Å². The van der Waals surface area contributed by atoms with Crippen LogP contribution in [0.15, 0.2) is 18.2 Å². The molecule has 0 saturated carbocycles. The monoisotopic (exact) mass is 220 g/mol. The minimum Gasteiger partial charge on any atom is -0.388 e. The molecule has 0 aliphatic carbocycles. The molecule has 1 aromatic carbocycles. The molecule has 1 heterocycles. The SMILES string of the molecule is Cc1ccc(C(O)C2CCCOC2)cc1C. The van der Waals surface area contributed by atoms with Gasteiger partial charge >= 0.3 is 0 Å². The van der Waals surface area contributed by atoms with Crippen LogP contribution in [0.4, 0.5) is 0 Å². The molecule has 2 atom stereocenters. The topological polar surface area (TPSA) is 29.5 Å². The molecule has 0 amide bonds. The molecule has 1 aliphatic rings. The summed E-state index contributed by atoms with van der Waals surface area (Å²) in [6.07, 6.45) is 1.75. The van der Waals surface area contributed by atoms with Gasteiger partial charge in [0, 0.05) is 12.5 Å². The third-order valence-electron chi connectivity index (χ3n) is 3.51. The first-order chi connectivity index (χ1) is 7.68. The Bertz CT molecular complexity index is 354. The van der Waals surface area contributed by atoms with E-state index in [0.29, 0.717) is 6.61 Å². The van der Waals surface area contributed by atoms with Crippen LogP contribution in [-0.4, -0.2) is 18.3 Å². The Balaban J connectivity index is 2.12. The van der Waals surface area contributed by atoms with Gasteiger partial charge in [-0.2, -0.15) is 0 Å². The highest BCUT2D eigenvalue weighted by molar-refractivity contribution is 5.31. The van der Waals surface area contributed by atoms with E-state index in [2.05, 4.69) is 26.0 Å². The first-order valence-electron chi connectivity index (χ1n) is 6.01. The molecule has 16 heavy (non-hydrogen) atoms. The average Bonchev–Trinajstić information content (AvgIpc) is 2.33. The lowest BCUT2D eigenvalue weighted by Gasteiger charge is -2.27. The normalized spacial score (nSPS) is 23.1. The highest BCUT2D eigenvalue weighted by Crippen LogP contribution is 2.29. The second kappa shape index (κ2) is 4.98.